The van der Waals surface area contributed by atoms with Crippen LogP contribution in [0, 0.1) is 11.8 Å². The molecule has 6 heteroatoms. The van der Waals surface area contributed by atoms with Gasteiger partial charge in [-0.15, -0.1) is 0 Å². The molecule has 0 radical (unpaired) electrons. The van der Waals surface area contributed by atoms with Crippen molar-refractivity contribution >= 4 is 15.8 Å². The smallest absolute Gasteiger partial charge is 0.244 e. The van der Waals surface area contributed by atoms with Gasteiger partial charge in [0.2, 0.25) is 10.0 Å². The second-order valence-corrected chi connectivity index (χ2v) is 7.17. The Kier molecular flexibility index (Phi) is 3.59. The van der Waals surface area contributed by atoms with Crippen molar-refractivity contribution in [3.05, 3.63) is 18.3 Å². The Labute approximate surface area is 108 Å². The van der Waals surface area contributed by atoms with Gasteiger partial charge in [0.25, 0.3) is 0 Å². The van der Waals surface area contributed by atoms with Gasteiger partial charge in [-0.2, -0.15) is 0 Å². The molecule has 2 unspecified atom stereocenters. The van der Waals surface area contributed by atoms with Crippen LogP contribution in [0.25, 0.3) is 0 Å². The van der Waals surface area contributed by atoms with Crippen molar-refractivity contribution in [3.63, 3.8) is 0 Å². The van der Waals surface area contributed by atoms with Crippen molar-refractivity contribution in [2.45, 2.75) is 18.2 Å². The second kappa shape index (κ2) is 4.85. The number of rotatable bonds is 5. The van der Waals surface area contributed by atoms with Gasteiger partial charge in [0.1, 0.15) is 10.7 Å². The van der Waals surface area contributed by atoms with Crippen LogP contribution in [0.2, 0.25) is 0 Å². The first-order valence-electron chi connectivity index (χ1n) is 6.03. The highest BCUT2D eigenvalue weighted by Gasteiger charge is 2.31. The van der Waals surface area contributed by atoms with E-state index < -0.39 is 10.0 Å². The molecule has 0 amide bonds. The van der Waals surface area contributed by atoms with Crippen LogP contribution in [0.4, 0.5) is 5.82 Å². The number of nitrogens with zero attached hydrogens (tertiary/aromatic N) is 2. The molecule has 0 spiro atoms. The largest absolute Gasteiger partial charge is 0.370 e. The summed E-state index contributed by atoms with van der Waals surface area (Å²) in [5.41, 5.74) is 0. The van der Waals surface area contributed by atoms with E-state index in [1.165, 1.54) is 31.0 Å². The SMILES string of the molecule is CC1CC1CNc1ccc(S(=O)(=O)N(C)C)cn1. The molecule has 2 rings (SSSR count). The summed E-state index contributed by atoms with van der Waals surface area (Å²) in [6, 6.07) is 3.30. The molecule has 5 nitrogen and oxygen atoms in total. The zero-order chi connectivity index (χ0) is 13.3. The van der Waals surface area contributed by atoms with Crippen LogP contribution >= 0.6 is 0 Å². The fourth-order valence-electron chi connectivity index (χ4n) is 1.77. The third-order valence-corrected chi connectivity index (χ3v) is 5.14. The molecular formula is C12H19N3O2S. The van der Waals surface area contributed by atoms with E-state index in [1.807, 2.05) is 0 Å². The molecule has 1 fully saturated rings. The second-order valence-electron chi connectivity index (χ2n) is 5.02. The minimum absolute atomic E-state index is 0.220. The van der Waals surface area contributed by atoms with E-state index in [2.05, 4.69) is 17.2 Å². The molecule has 1 aliphatic carbocycles. The fourth-order valence-corrected chi connectivity index (χ4v) is 2.61. The number of sulfonamides is 1. The third-order valence-electron chi connectivity index (χ3n) is 3.34. The van der Waals surface area contributed by atoms with Crippen LogP contribution in [0.5, 0.6) is 0 Å². The van der Waals surface area contributed by atoms with Gasteiger partial charge in [0.05, 0.1) is 0 Å². The zero-order valence-electron chi connectivity index (χ0n) is 10.9. The van der Waals surface area contributed by atoms with E-state index in [0.29, 0.717) is 0 Å². The molecule has 0 saturated heterocycles. The summed E-state index contributed by atoms with van der Waals surface area (Å²) < 4.78 is 24.8. The zero-order valence-corrected chi connectivity index (χ0v) is 11.7. The van der Waals surface area contributed by atoms with Crippen LogP contribution in [0.15, 0.2) is 23.2 Å². The lowest BCUT2D eigenvalue weighted by Crippen LogP contribution is -2.22. The van der Waals surface area contributed by atoms with E-state index in [0.717, 1.165) is 24.2 Å². The fraction of sp³-hybridized carbons (Fsp3) is 0.583. The third kappa shape index (κ3) is 2.81. The minimum Gasteiger partial charge on any atom is -0.370 e. The summed E-state index contributed by atoms with van der Waals surface area (Å²) in [5, 5.41) is 3.23. The molecule has 1 saturated carbocycles. The van der Waals surface area contributed by atoms with E-state index in [4.69, 9.17) is 0 Å². The van der Waals surface area contributed by atoms with Crippen molar-refractivity contribution in [1.82, 2.24) is 9.29 Å². The summed E-state index contributed by atoms with van der Waals surface area (Å²) in [6.07, 6.45) is 2.66. The highest BCUT2D eigenvalue weighted by Crippen LogP contribution is 2.37. The van der Waals surface area contributed by atoms with E-state index in [-0.39, 0.29) is 4.90 Å². The quantitative estimate of drug-likeness (QED) is 0.877. The molecule has 1 aromatic rings. The first kappa shape index (κ1) is 13.3. The molecule has 0 bridgehead atoms. The normalized spacial score (nSPS) is 23.1. The van der Waals surface area contributed by atoms with Crippen LogP contribution in [-0.4, -0.2) is 38.3 Å². The Hall–Kier alpha value is -1.14. The molecule has 1 aliphatic rings. The van der Waals surface area contributed by atoms with Gasteiger partial charge in [-0.05, 0) is 30.4 Å². The predicted octanol–water partition coefficient (Wildman–Crippen LogP) is 1.40. The Morgan fingerprint density at radius 3 is 2.56 bits per heavy atom. The summed E-state index contributed by atoms with van der Waals surface area (Å²) in [7, 11) is -0.359. The van der Waals surface area contributed by atoms with Crippen LogP contribution < -0.4 is 5.32 Å². The highest BCUT2D eigenvalue weighted by molar-refractivity contribution is 7.89. The van der Waals surface area contributed by atoms with E-state index in [1.54, 1.807) is 12.1 Å². The van der Waals surface area contributed by atoms with Gasteiger partial charge in [0, 0.05) is 26.8 Å². The van der Waals surface area contributed by atoms with Gasteiger partial charge >= 0.3 is 0 Å². The number of hydrogen-bond acceptors (Lipinski definition) is 4. The van der Waals surface area contributed by atoms with Crippen LogP contribution in [0.3, 0.4) is 0 Å². The lowest BCUT2D eigenvalue weighted by Gasteiger charge is -2.11. The molecule has 0 aromatic carbocycles. The number of hydrogen-bond donors (Lipinski definition) is 1. The average molecular weight is 269 g/mol. The first-order chi connectivity index (χ1) is 8.41. The van der Waals surface area contributed by atoms with Crippen molar-refractivity contribution < 1.29 is 8.42 Å². The summed E-state index contributed by atoms with van der Waals surface area (Å²) in [6.45, 7) is 3.14. The van der Waals surface area contributed by atoms with Gasteiger partial charge in [-0.25, -0.2) is 17.7 Å². The molecular weight excluding hydrogens is 250 g/mol. The Balaban J connectivity index is 2.01. The number of anilines is 1. The number of aromatic nitrogens is 1. The van der Waals surface area contributed by atoms with Gasteiger partial charge in [-0.1, -0.05) is 6.92 Å². The molecule has 1 N–H and O–H groups in total. The monoisotopic (exact) mass is 269 g/mol. The van der Waals surface area contributed by atoms with Crippen molar-refractivity contribution in [1.29, 1.82) is 0 Å². The van der Waals surface area contributed by atoms with Gasteiger partial charge < -0.3 is 5.32 Å². The maximum Gasteiger partial charge on any atom is 0.244 e. The molecule has 0 aliphatic heterocycles. The van der Waals surface area contributed by atoms with E-state index >= 15 is 0 Å². The number of pyridine rings is 1. The standard InChI is InChI=1S/C12H19N3O2S/c1-9-6-10(9)7-13-12-5-4-11(8-14-12)18(16,17)15(2)3/h4-5,8-10H,6-7H2,1-3H3,(H,13,14). The van der Waals surface area contributed by atoms with Crippen molar-refractivity contribution in [3.8, 4) is 0 Å². The number of nitrogens with one attached hydrogen (secondary N) is 1. The van der Waals surface area contributed by atoms with Crippen LogP contribution in [0.1, 0.15) is 13.3 Å². The lowest BCUT2D eigenvalue weighted by atomic mass is 10.3. The maximum absolute atomic E-state index is 11.8. The molecule has 1 heterocycles. The van der Waals surface area contributed by atoms with Crippen molar-refractivity contribution in [2.75, 3.05) is 26.0 Å². The Morgan fingerprint density at radius 2 is 2.11 bits per heavy atom. The first-order valence-corrected chi connectivity index (χ1v) is 7.47. The summed E-state index contributed by atoms with van der Waals surface area (Å²) >= 11 is 0. The minimum atomic E-state index is -3.38. The van der Waals surface area contributed by atoms with Crippen LogP contribution in [-0.2, 0) is 10.0 Å². The van der Waals surface area contributed by atoms with Crippen molar-refractivity contribution in [2.24, 2.45) is 11.8 Å². The van der Waals surface area contributed by atoms with E-state index in [9.17, 15) is 8.42 Å². The molecule has 18 heavy (non-hydrogen) atoms. The topological polar surface area (TPSA) is 62.3 Å². The average Bonchev–Trinajstić information content (AvgIpc) is 3.03. The maximum atomic E-state index is 11.8. The summed E-state index contributed by atoms with van der Waals surface area (Å²) in [5.74, 6) is 2.26. The molecule has 100 valence electrons. The highest BCUT2D eigenvalue weighted by atomic mass is 32.2. The van der Waals surface area contributed by atoms with Gasteiger partial charge in [-0.3, -0.25) is 0 Å². The Morgan fingerprint density at radius 1 is 1.44 bits per heavy atom. The molecule has 1 aromatic heterocycles. The summed E-state index contributed by atoms with van der Waals surface area (Å²) in [4.78, 5) is 4.36. The molecule has 2 atom stereocenters. The Bertz CT molecular complexity index is 511. The lowest BCUT2D eigenvalue weighted by molar-refractivity contribution is 0.520. The predicted molar refractivity (Wildman–Crippen MR) is 70.9 cm³/mol. The van der Waals surface area contributed by atoms with Gasteiger partial charge in [0.15, 0.2) is 0 Å².